The molecular weight excluding hydrogens is 188 g/mol. The van der Waals surface area contributed by atoms with Gasteiger partial charge in [0.2, 0.25) is 0 Å². The van der Waals surface area contributed by atoms with Crippen LogP contribution in [0, 0.1) is 0 Å². The van der Waals surface area contributed by atoms with Gasteiger partial charge in [-0.3, -0.25) is 0 Å². The summed E-state index contributed by atoms with van der Waals surface area (Å²) in [5.74, 6) is 0.957. The Hall–Kier alpha value is -1.38. The van der Waals surface area contributed by atoms with Crippen LogP contribution in [0.2, 0.25) is 0 Å². The fourth-order valence-electron chi connectivity index (χ4n) is 1.78. The Morgan fingerprint density at radius 3 is 3.13 bits per heavy atom. The number of nitrogens with zero attached hydrogens (tertiary/aromatic N) is 1. The molecule has 1 aromatic carbocycles. The molecule has 0 amide bonds. The van der Waals surface area contributed by atoms with Gasteiger partial charge in [-0.1, -0.05) is 6.92 Å². The summed E-state index contributed by atoms with van der Waals surface area (Å²) in [4.78, 5) is 2.26. The van der Waals surface area contributed by atoms with E-state index in [1.807, 2.05) is 6.07 Å². The molecule has 1 N–H and O–H groups in total. The average molecular weight is 206 g/mol. The van der Waals surface area contributed by atoms with Crippen LogP contribution in [-0.2, 0) is 0 Å². The molecule has 1 aliphatic rings. The van der Waals surface area contributed by atoms with Crippen molar-refractivity contribution >= 4 is 11.4 Å². The van der Waals surface area contributed by atoms with E-state index in [2.05, 4.69) is 36.3 Å². The van der Waals surface area contributed by atoms with Crippen molar-refractivity contribution in [2.75, 3.05) is 37.0 Å². The first-order chi connectivity index (χ1) is 7.31. The molecule has 0 atom stereocenters. The van der Waals surface area contributed by atoms with E-state index in [4.69, 9.17) is 4.74 Å². The van der Waals surface area contributed by atoms with Crippen LogP contribution < -0.4 is 15.0 Å². The number of hydrogen-bond donors (Lipinski definition) is 1. The molecule has 0 fully saturated rings. The van der Waals surface area contributed by atoms with Gasteiger partial charge >= 0.3 is 0 Å². The molecule has 0 spiro atoms. The van der Waals surface area contributed by atoms with Gasteiger partial charge in [0, 0.05) is 26.2 Å². The standard InChI is InChI=1S/C12H18N2O/c1-3-8-15-10-4-5-12-11(9-10)13-6-7-14(12)2/h4-5,9,13H,3,6-8H2,1-2H3. The predicted octanol–water partition coefficient (Wildman–Crippen LogP) is 2.34. The molecule has 15 heavy (non-hydrogen) atoms. The molecule has 1 aliphatic heterocycles. The number of likely N-dealkylation sites (N-methyl/N-ethyl adjacent to an activating group) is 1. The summed E-state index contributed by atoms with van der Waals surface area (Å²) in [6.45, 7) is 4.96. The highest BCUT2D eigenvalue weighted by molar-refractivity contribution is 5.73. The second-order valence-corrected chi connectivity index (χ2v) is 3.88. The van der Waals surface area contributed by atoms with Crippen molar-refractivity contribution in [3.8, 4) is 5.75 Å². The van der Waals surface area contributed by atoms with Gasteiger partial charge in [0.25, 0.3) is 0 Å². The first-order valence-corrected chi connectivity index (χ1v) is 5.53. The molecule has 1 aromatic rings. The van der Waals surface area contributed by atoms with Gasteiger partial charge in [-0.05, 0) is 18.6 Å². The summed E-state index contributed by atoms with van der Waals surface area (Å²) in [6, 6.07) is 6.24. The highest BCUT2D eigenvalue weighted by Crippen LogP contribution is 2.31. The quantitative estimate of drug-likeness (QED) is 0.821. The van der Waals surface area contributed by atoms with Crippen molar-refractivity contribution in [1.82, 2.24) is 0 Å². The third-order valence-electron chi connectivity index (χ3n) is 2.61. The Balaban J connectivity index is 2.18. The van der Waals surface area contributed by atoms with Crippen LogP contribution in [0.3, 0.4) is 0 Å². The molecule has 0 bridgehead atoms. The van der Waals surface area contributed by atoms with E-state index in [1.54, 1.807) is 0 Å². The molecule has 0 saturated heterocycles. The maximum Gasteiger partial charge on any atom is 0.121 e. The summed E-state index contributed by atoms with van der Waals surface area (Å²) in [6.07, 6.45) is 1.05. The van der Waals surface area contributed by atoms with Crippen molar-refractivity contribution in [1.29, 1.82) is 0 Å². The first kappa shape index (κ1) is 10.1. The predicted molar refractivity (Wildman–Crippen MR) is 64.0 cm³/mol. The van der Waals surface area contributed by atoms with Gasteiger partial charge in [0.1, 0.15) is 5.75 Å². The minimum Gasteiger partial charge on any atom is -0.494 e. The van der Waals surface area contributed by atoms with Crippen molar-refractivity contribution in [3.05, 3.63) is 18.2 Å². The number of rotatable bonds is 3. The Labute approximate surface area is 91.0 Å². The number of benzene rings is 1. The number of anilines is 2. The fraction of sp³-hybridized carbons (Fsp3) is 0.500. The Kier molecular flexibility index (Phi) is 2.99. The second kappa shape index (κ2) is 4.43. The van der Waals surface area contributed by atoms with E-state index in [0.717, 1.165) is 31.9 Å². The van der Waals surface area contributed by atoms with Crippen LogP contribution >= 0.6 is 0 Å². The SMILES string of the molecule is CCCOc1ccc2c(c1)NCCN2C. The minimum absolute atomic E-state index is 0.786. The van der Waals surface area contributed by atoms with Gasteiger partial charge in [-0.25, -0.2) is 0 Å². The number of nitrogens with one attached hydrogen (secondary N) is 1. The summed E-state index contributed by atoms with van der Waals surface area (Å²) in [5, 5.41) is 3.39. The van der Waals surface area contributed by atoms with Gasteiger partial charge in [0.15, 0.2) is 0 Å². The maximum atomic E-state index is 5.60. The first-order valence-electron chi connectivity index (χ1n) is 5.53. The summed E-state index contributed by atoms with van der Waals surface area (Å²) < 4.78 is 5.60. The zero-order valence-corrected chi connectivity index (χ0v) is 9.42. The van der Waals surface area contributed by atoms with Crippen molar-refractivity contribution < 1.29 is 4.74 Å². The highest BCUT2D eigenvalue weighted by atomic mass is 16.5. The zero-order valence-electron chi connectivity index (χ0n) is 9.42. The molecule has 0 unspecified atom stereocenters. The topological polar surface area (TPSA) is 24.5 Å². The lowest BCUT2D eigenvalue weighted by Gasteiger charge is -2.28. The largest absolute Gasteiger partial charge is 0.494 e. The van der Waals surface area contributed by atoms with Crippen LogP contribution in [0.5, 0.6) is 5.75 Å². The van der Waals surface area contributed by atoms with E-state index < -0.39 is 0 Å². The van der Waals surface area contributed by atoms with Crippen LogP contribution in [0.4, 0.5) is 11.4 Å². The van der Waals surface area contributed by atoms with Crippen LogP contribution in [-0.4, -0.2) is 26.7 Å². The molecule has 1 heterocycles. The van der Waals surface area contributed by atoms with E-state index in [-0.39, 0.29) is 0 Å². The summed E-state index contributed by atoms with van der Waals surface area (Å²) >= 11 is 0. The monoisotopic (exact) mass is 206 g/mol. The number of ether oxygens (including phenoxy) is 1. The van der Waals surface area contributed by atoms with Gasteiger partial charge in [-0.15, -0.1) is 0 Å². The van der Waals surface area contributed by atoms with Gasteiger partial charge < -0.3 is 15.0 Å². The molecule has 0 aliphatic carbocycles. The molecule has 2 rings (SSSR count). The molecular formula is C12H18N2O. The number of hydrogen-bond acceptors (Lipinski definition) is 3. The molecule has 0 radical (unpaired) electrons. The van der Waals surface area contributed by atoms with Gasteiger partial charge in [0.05, 0.1) is 18.0 Å². The Morgan fingerprint density at radius 1 is 1.47 bits per heavy atom. The molecule has 3 nitrogen and oxygen atoms in total. The lowest BCUT2D eigenvalue weighted by molar-refractivity contribution is 0.317. The molecule has 82 valence electrons. The minimum atomic E-state index is 0.786. The second-order valence-electron chi connectivity index (χ2n) is 3.88. The third kappa shape index (κ3) is 2.17. The maximum absolute atomic E-state index is 5.60. The normalized spacial score (nSPS) is 14.4. The fourth-order valence-corrected chi connectivity index (χ4v) is 1.78. The van der Waals surface area contributed by atoms with E-state index in [0.29, 0.717) is 0 Å². The molecule has 0 aromatic heterocycles. The van der Waals surface area contributed by atoms with Crippen LogP contribution in [0.15, 0.2) is 18.2 Å². The average Bonchev–Trinajstić information content (AvgIpc) is 2.26. The Morgan fingerprint density at radius 2 is 2.33 bits per heavy atom. The Bertz CT molecular complexity index is 338. The highest BCUT2D eigenvalue weighted by Gasteiger charge is 2.13. The third-order valence-corrected chi connectivity index (χ3v) is 2.61. The molecule has 0 saturated carbocycles. The van der Waals surface area contributed by atoms with E-state index >= 15 is 0 Å². The zero-order chi connectivity index (χ0) is 10.7. The number of fused-ring (bicyclic) bond motifs is 1. The lowest BCUT2D eigenvalue weighted by Crippen LogP contribution is -2.30. The van der Waals surface area contributed by atoms with Crippen LogP contribution in [0.25, 0.3) is 0 Å². The van der Waals surface area contributed by atoms with Crippen LogP contribution in [0.1, 0.15) is 13.3 Å². The smallest absolute Gasteiger partial charge is 0.121 e. The van der Waals surface area contributed by atoms with E-state index in [1.165, 1.54) is 11.4 Å². The van der Waals surface area contributed by atoms with Crippen molar-refractivity contribution in [3.63, 3.8) is 0 Å². The van der Waals surface area contributed by atoms with E-state index in [9.17, 15) is 0 Å². The van der Waals surface area contributed by atoms with Crippen molar-refractivity contribution in [2.45, 2.75) is 13.3 Å². The van der Waals surface area contributed by atoms with Gasteiger partial charge in [-0.2, -0.15) is 0 Å². The summed E-state index contributed by atoms with van der Waals surface area (Å²) in [7, 11) is 2.12. The molecule has 3 heteroatoms. The van der Waals surface area contributed by atoms with Crippen molar-refractivity contribution in [2.24, 2.45) is 0 Å². The summed E-state index contributed by atoms with van der Waals surface area (Å²) in [5.41, 5.74) is 2.43. The lowest BCUT2D eigenvalue weighted by atomic mass is 10.2.